The largest absolute Gasteiger partial charge is 0.493 e. The fourth-order valence-corrected chi connectivity index (χ4v) is 2.83. The fourth-order valence-electron chi connectivity index (χ4n) is 2.83. The predicted octanol–water partition coefficient (Wildman–Crippen LogP) is 3.47. The Morgan fingerprint density at radius 2 is 1.61 bits per heavy atom. The Labute approximate surface area is 164 Å². The number of ether oxygens (including phenoxy) is 3. The number of aryl methyl sites for hydroxylation is 1. The van der Waals surface area contributed by atoms with Gasteiger partial charge in [0.15, 0.2) is 11.5 Å². The smallest absolute Gasteiger partial charge is 0.310 e. The zero-order valence-corrected chi connectivity index (χ0v) is 16.4. The number of nitrogens with one attached hydrogen (secondary N) is 1. The Morgan fingerprint density at radius 3 is 2.14 bits per heavy atom. The van der Waals surface area contributed by atoms with Crippen LogP contribution in [0.4, 0.5) is 5.69 Å². The summed E-state index contributed by atoms with van der Waals surface area (Å²) in [6, 6.07) is 10.4. The molecule has 7 nitrogen and oxygen atoms in total. The molecule has 0 spiro atoms. The normalized spacial score (nSPS) is 11.4. The summed E-state index contributed by atoms with van der Waals surface area (Å²) in [5, 5.41) is 11.9. The van der Waals surface area contributed by atoms with Gasteiger partial charge in [0.05, 0.1) is 27.2 Å². The van der Waals surface area contributed by atoms with Crippen LogP contribution in [0.2, 0.25) is 0 Å². The van der Waals surface area contributed by atoms with E-state index < -0.39 is 11.9 Å². The molecule has 0 fully saturated rings. The molecule has 2 rings (SSSR count). The molecule has 0 aliphatic carbocycles. The number of hydrogen-bond acceptors (Lipinski definition) is 5. The average Bonchev–Trinajstić information content (AvgIpc) is 2.71. The van der Waals surface area contributed by atoms with Gasteiger partial charge in [0.25, 0.3) is 0 Å². The van der Waals surface area contributed by atoms with Crippen LogP contribution < -0.4 is 19.5 Å². The first kappa shape index (κ1) is 21.1. The molecule has 0 aliphatic heterocycles. The molecule has 1 atom stereocenters. The third-order valence-electron chi connectivity index (χ3n) is 4.47. The highest BCUT2D eigenvalue weighted by molar-refractivity contribution is 5.91. The lowest BCUT2D eigenvalue weighted by Crippen LogP contribution is -2.13. The number of methoxy groups -OCH3 is 3. The summed E-state index contributed by atoms with van der Waals surface area (Å²) >= 11 is 0. The van der Waals surface area contributed by atoms with E-state index in [-0.39, 0.29) is 12.3 Å². The highest BCUT2D eigenvalue weighted by atomic mass is 16.5. The lowest BCUT2D eigenvalue weighted by atomic mass is 10.0. The van der Waals surface area contributed by atoms with Crippen molar-refractivity contribution in [2.45, 2.75) is 25.7 Å². The minimum absolute atomic E-state index is 0.157. The molecule has 0 aromatic heterocycles. The van der Waals surface area contributed by atoms with Crippen molar-refractivity contribution in [3.63, 3.8) is 0 Å². The van der Waals surface area contributed by atoms with Gasteiger partial charge in [0.2, 0.25) is 11.7 Å². The first-order valence-corrected chi connectivity index (χ1v) is 8.81. The minimum Gasteiger partial charge on any atom is -0.493 e. The van der Waals surface area contributed by atoms with Crippen LogP contribution in [0, 0.1) is 0 Å². The average molecular weight is 387 g/mol. The molecule has 150 valence electrons. The van der Waals surface area contributed by atoms with Crippen molar-refractivity contribution < 1.29 is 28.9 Å². The molecular formula is C21H25NO6. The van der Waals surface area contributed by atoms with Crippen LogP contribution in [0.3, 0.4) is 0 Å². The zero-order valence-electron chi connectivity index (χ0n) is 16.4. The van der Waals surface area contributed by atoms with Crippen molar-refractivity contribution >= 4 is 17.6 Å². The van der Waals surface area contributed by atoms with Gasteiger partial charge >= 0.3 is 5.97 Å². The molecule has 1 amide bonds. The van der Waals surface area contributed by atoms with Gasteiger partial charge in [0, 0.05) is 12.1 Å². The van der Waals surface area contributed by atoms with Crippen LogP contribution in [-0.4, -0.2) is 38.3 Å². The Kier molecular flexibility index (Phi) is 7.26. The summed E-state index contributed by atoms with van der Waals surface area (Å²) in [7, 11) is 4.62. The van der Waals surface area contributed by atoms with Gasteiger partial charge in [-0.15, -0.1) is 0 Å². The van der Waals surface area contributed by atoms with E-state index in [0.717, 1.165) is 5.56 Å². The van der Waals surface area contributed by atoms with E-state index in [1.165, 1.54) is 7.11 Å². The number of carboxylic acid groups (broad SMARTS) is 1. The number of amides is 1. The van der Waals surface area contributed by atoms with Crippen LogP contribution in [0.5, 0.6) is 17.2 Å². The molecule has 0 bridgehead atoms. The summed E-state index contributed by atoms with van der Waals surface area (Å²) in [5.41, 5.74) is 2.13. The lowest BCUT2D eigenvalue weighted by Gasteiger charge is -2.15. The first-order chi connectivity index (χ1) is 13.4. The van der Waals surface area contributed by atoms with Crippen molar-refractivity contribution in [3.05, 3.63) is 47.5 Å². The molecule has 28 heavy (non-hydrogen) atoms. The van der Waals surface area contributed by atoms with E-state index in [1.807, 2.05) is 6.07 Å². The monoisotopic (exact) mass is 387 g/mol. The molecule has 2 aromatic rings. The minimum atomic E-state index is -0.888. The van der Waals surface area contributed by atoms with Crippen LogP contribution in [-0.2, 0) is 16.0 Å². The maximum Gasteiger partial charge on any atom is 0.310 e. The third kappa shape index (κ3) is 4.94. The number of aliphatic carboxylic acids is 1. The van der Waals surface area contributed by atoms with E-state index in [0.29, 0.717) is 34.9 Å². The molecule has 0 heterocycles. The standard InChI is InChI=1S/C21H25NO6/c1-13(21(24)25)14-5-9-16(10-6-14)22-18(23)12-8-15-7-11-17(26-2)20(28-4)19(15)27-3/h5-7,9-11,13H,8,12H2,1-4H3,(H,22,23)(H,24,25). The summed E-state index contributed by atoms with van der Waals surface area (Å²) in [6.45, 7) is 1.62. The van der Waals surface area contributed by atoms with Gasteiger partial charge in [-0.25, -0.2) is 0 Å². The molecule has 7 heteroatoms. The summed E-state index contributed by atoms with van der Waals surface area (Å²) in [6.07, 6.45) is 0.711. The number of anilines is 1. The summed E-state index contributed by atoms with van der Waals surface area (Å²) in [5.74, 6) is -0.0465. The second-order valence-corrected chi connectivity index (χ2v) is 6.22. The van der Waals surface area contributed by atoms with Crippen LogP contribution >= 0.6 is 0 Å². The molecule has 2 N–H and O–H groups in total. The maximum absolute atomic E-state index is 12.3. The van der Waals surface area contributed by atoms with Crippen molar-refractivity contribution in [2.75, 3.05) is 26.6 Å². The van der Waals surface area contributed by atoms with Gasteiger partial charge < -0.3 is 24.6 Å². The molecule has 1 unspecified atom stereocenters. The topological polar surface area (TPSA) is 94.1 Å². The van der Waals surface area contributed by atoms with Crippen molar-refractivity contribution in [1.29, 1.82) is 0 Å². The molecule has 0 saturated carbocycles. The van der Waals surface area contributed by atoms with Crippen LogP contribution in [0.15, 0.2) is 36.4 Å². The zero-order chi connectivity index (χ0) is 20.7. The number of carboxylic acids is 1. The van der Waals surface area contributed by atoms with Crippen molar-refractivity contribution in [2.24, 2.45) is 0 Å². The number of carbonyl (C=O) groups is 2. The fraction of sp³-hybridized carbons (Fsp3) is 0.333. The van der Waals surface area contributed by atoms with Gasteiger partial charge in [-0.3, -0.25) is 9.59 Å². The van der Waals surface area contributed by atoms with Crippen molar-refractivity contribution in [3.8, 4) is 17.2 Å². The lowest BCUT2D eigenvalue weighted by molar-refractivity contribution is -0.138. The Hall–Kier alpha value is -3.22. The first-order valence-electron chi connectivity index (χ1n) is 8.81. The summed E-state index contributed by atoms with van der Waals surface area (Å²) < 4.78 is 16.0. The third-order valence-corrected chi connectivity index (χ3v) is 4.47. The summed E-state index contributed by atoms with van der Waals surface area (Å²) in [4.78, 5) is 23.3. The SMILES string of the molecule is COc1ccc(CCC(=O)Nc2ccc(C(C)C(=O)O)cc2)c(OC)c1OC. The maximum atomic E-state index is 12.3. The second kappa shape index (κ2) is 9.64. The number of benzene rings is 2. The van der Waals surface area contributed by atoms with E-state index in [9.17, 15) is 9.59 Å². The van der Waals surface area contributed by atoms with E-state index in [4.69, 9.17) is 19.3 Å². The van der Waals surface area contributed by atoms with Gasteiger partial charge in [-0.2, -0.15) is 0 Å². The van der Waals surface area contributed by atoms with E-state index in [2.05, 4.69) is 5.32 Å². The molecule has 0 aliphatic rings. The van der Waals surface area contributed by atoms with Gasteiger partial charge in [-0.05, 0) is 42.7 Å². The quantitative estimate of drug-likeness (QED) is 0.684. The van der Waals surface area contributed by atoms with Crippen LogP contribution in [0.25, 0.3) is 0 Å². The Bertz CT molecular complexity index is 832. The second-order valence-electron chi connectivity index (χ2n) is 6.22. The van der Waals surface area contributed by atoms with Crippen molar-refractivity contribution in [1.82, 2.24) is 0 Å². The number of rotatable bonds is 9. The van der Waals surface area contributed by atoms with Crippen LogP contribution in [0.1, 0.15) is 30.4 Å². The van der Waals surface area contributed by atoms with Gasteiger partial charge in [0.1, 0.15) is 0 Å². The molecule has 0 radical (unpaired) electrons. The molecule has 2 aromatic carbocycles. The highest BCUT2D eigenvalue weighted by Crippen LogP contribution is 2.40. The predicted molar refractivity (Wildman–Crippen MR) is 106 cm³/mol. The van der Waals surface area contributed by atoms with Gasteiger partial charge in [-0.1, -0.05) is 18.2 Å². The molecule has 0 saturated heterocycles. The number of carbonyl (C=O) groups excluding carboxylic acids is 1. The Balaban J connectivity index is 2.02. The number of hydrogen-bond donors (Lipinski definition) is 2. The molecular weight excluding hydrogens is 362 g/mol. The highest BCUT2D eigenvalue weighted by Gasteiger charge is 2.17. The Morgan fingerprint density at radius 1 is 0.964 bits per heavy atom. The van der Waals surface area contributed by atoms with E-state index >= 15 is 0 Å². The van der Waals surface area contributed by atoms with E-state index in [1.54, 1.807) is 51.5 Å².